The van der Waals surface area contributed by atoms with Gasteiger partial charge in [-0.1, -0.05) is 20.3 Å². The molecule has 0 bridgehead atoms. The largest absolute Gasteiger partial charge is 0.458 e. The van der Waals surface area contributed by atoms with Crippen LogP contribution >= 0.6 is 12.4 Å². The summed E-state index contributed by atoms with van der Waals surface area (Å²) in [6.45, 7) is 7.65. The predicted molar refractivity (Wildman–Crippen MR) is 171 cm³/mol. The molecule has 11 nitrogen and oxygen atoms in total. The molecule has 0 unspecified atom stereocenters. The van der Waals surface area contributed by atoms with Crippen molar-refractivity contribution in [2.24, 2.45) is 0 Å². The summed E-state index contributed by atoms with van der Waals surface area (Å²) in [6, 6.07) is 7.77. The van der Waals surface area contributed by atoms with Crippen molar-refractivity contribution < 1.29 is 29.6 Å². The predicted octanol–water partition coefficient (Wildman–Crippen LogP) is 3.69. The number of cyclic esters (lactones) is 1. The third-order valence-corrected chi connectivity index (χ3v) is 9.97. The first-order valence-electron chi connectivity index (χ1n) is 15.7. The van der Waals surface area contributed by atoms with Gasteiger partial charge in [-0.05, 0) is 81.4 Å². The number of aliphatic hydroxyl groups is 1. The maximum Gasteiger partial charge on any atom is 0.415 e. The Morgan fingerprint density at radius 3 is 2.49 bits per heavy atom. The van der Waals surface area contributed by atoms with Crippen molar-refractivity contribution in [1.29, 1.82) is 0 Å². The van der Waals surface area contributed by atoms with Crippen LogP contribution in [0.4, 0.5) is 4.79 Å². The number of hydrogen-bond donors (Lipinski definition) is 1. The normalized spacial score (nSPS) is 21.2. The quantitative estimate of drug-likeness (QED) is 0.333. The summed E-state index contributed by atoms with van der Waals surface area (Å²) in [5, 5.41) is 12.0. The summed E-state index contributed by atoms with van der Waals surface area (Å²) in [4.78, 5) is 48.5. The number of pyridine rings is 2. The second kappa shape index (κ2) is 12.7. The van der Waals surface area contributed by atoms with Gasteiger partial charge in [-0.2, -0.15) is 0 Å². The maximum absolute atomic E-state index is 13.6. The van der Waals surface area contributed by atoms with E-state index in [-0.39, 0.29) is 42.6 Å². The molecule has 242 valence electrons. The highest BCUT2D eigenvalue weighted by Crippen LogP contribution is 2.40. The Labute approximate surface area is 267 Å². The molecule has 45 heavy (non-hydrogen) atoms. The lowest BCUT2D eigenvalue weighted by atomic mass is 9.86. The molecule has 0 aliphatic carbocycles. The molecule has 4 aliphatic rings. The Bertz CT molecular complexity index is 1690. The van der Waals surface area contributed by atoms with Gasteiger partial charge < -0.3 is 34.4 Å². The lowest BCUT2D eigenvalue weighted by Gasteiger charge is -2.39. The summed E-state index contributed by atoms with van der Waals surface area (Å²) in [6.07, 6.45) is 6.26. The first-order valence-corrected chi connectivity index (χ1v) is 15.7. The van der Waals surface area contributed by atoms with Gasteiger partial charge in [-0.15, -0.1) is 12.4 Å². The van der Waals surface area contributed by atoms with Crippen LogP contribution in [-0.2, 0) is 34.7 Å². The molecule has 2 fully saturated rings. The fourth-order valence-electron chi connectivity index (χ4n) is 7.47. The molecule has 12 heteroatoms. The van der Waals surface area contributed by atoms with Gasteiger partial charge in [0, 0.05) is 35.6 Å². The Morgan fingerprint density at radius 2 is 1.80 bits per heavy atom. The van der Waals surface area contributed by atoms with Crippen molar-refractivity contribution in [2.45, 2.75) is 83.6 Å². The van der Waals surface area contributed by atoms with Crippen LogP contribution in [0.2, 0.25) is 0 Å². The number of aromatic nitrogens is 2. The van der Waals surface area contributed by atoms with E-state index in [1.54, 1.807) is 23.6 Å². The van der Waals surface area contributed by atoms with Gasteiger partial charge >= 0.3 is 12.1 Å². The number of hydrogen-bond acceptors (Lipinski definition) is 8. The average molecular weight is 641 g/mol. The van der Waals surface area contributed by atoms with Crippen LogP contribution in [0.15, 0.2) is 29.1 Å². The molecule has 6 heterocycles. The van der Waals surface area contributed by atoms with E-state index in [0.29, 0.717) is 60.4 Å². The second-order valence-electron chi connectivity index (χ2n) is 12.2. The number of amides is 1. The molecular weight excluding hydrogens is 600 g/mol. The van der Waals surface area contributed by atoms with Gasteiger partial charge in [-0.25, -0.2) is 14.6 Å². The van der Waals surface area contributed by atoms with Crippen LogP contribution in [0.1, 0.15) is 74.6 Å². The number of piperidine rings is 2. The van der Waals surface area contributed by atoms with Crippen molar-refractivity contribution in [3.05, 3.63) is 56.9 Å². The average Bonchev–Trinajstić information content (AvgIpc) is 3.41. The molecule has 1 atom stereocenters. The minimum atomic E-state index is -1.86. The van der Waals surface area contributed by atoms with Gasteiger partial charge in [0.05, 0.1) is 29.0 Å². The highest BCUT2D eigenvalue weighted by Gasteiger charge is 2.45. The number of ether oxygens (including phenoxy) is 2. The number of carbonyl (C=O) groups excluding carboxylic acids is 2. The molecular formula is C33H41ClN4O7. The molecule has 3 aromatic rings. The van der Waals surface area contributed by atoms with Crippen LogP contribution in [0, 0.1) is 0 Å². The van der Waals surface area contributed by atoms with E-state index in [9.17, 15) is 19.5 Å². The van der Waals surface area contributed by atoms with Crippen molar-refractivity contribution >= 4 is 35.4 Å². The number of aryl methyl sites for hydroxylation is 1. The molecule has 7 rings (SSSR count). The Hall–Kier alpha value is -3.51. The van der Waals surface area contributed by atoms with E-state index in [0.717, 1.165) is 34.9 Å². The summed E-state index contributed by atoms with van der Waals surface area (Å²) < 4.78 is 12.7. The first kappa shape index (κ1) is 32.9. The third kappa shape index (κ3) is 5.39. The number of benzene rings is 1. The van der Waals surface area contributed by atoms with E-state index >= 15 is 0 Å². The molecule has 0 spiro atoms. The van der Waals surface area contributed by atoms with Gasteiger partial charge in [0.15, 0.2) is 5.60 Å². The minimum absolute atomic E-state index is 0. The Kier molecular flexibility index (Phi) is 9.28. The second-order valence-corrected chi connectivity index (χ2v) is 12.2. The van der Waals surface area contributed by atoms with E-state index in [1.165, 1.54) is 32.4 Å². The van der Waals surface area contributed by atoms with Crippen LogP contribution in [0.3, 0.4) is 0 Å². The highest BCUT2D eigenvalue weighted by atomic mass is 35.5. The lowest BCUT2D eigenvalue weighted by Crippen LogP contribution is -2.48. The number of carbonyl (C=O) groups is 2. The molecule has 0 saturated carbocycles. The number of likely N-dealkylation sites (tertiary alicyclic amines) is 2. The summed E-state index contributed by atoms with van der Waals surface area (Å²) in [5.74, 6) is -0.266. The van der Waals surface area contributed by atoms with E-state index in [2.05, 4.69) is 11.8 Å². The molecule has 2 saturated heterocycles. The fraction of sp³-hybridized carbons (Fsp3) is 0.515. The molecule has 1 aromatic carbocycles. The molecule has 0 radical (unpaired) electrons. The van der Waals surface area contributed by atoms with Crippen LogP contribution < -0.4 is 10.3 Å². The number of esters is 1. The smallest absolute Gasteiger partial charge is 0.415 e. The Morgan fingerprint density at radius 1 is 1.07 bits per heavy atom. The van der Waals surface area contributed by atoms with E-state index in [4.69, 9.17) is 14.5 Å². The van der Waals surface area contributed by atoms with E-state index in [1.807, 2.05) is 17.0 Å². The monoisotopic (exact) mass is 640 g/mol. The fourth-order valence-corrected chi connectivity index (χ4v) is 7.47. The van der Waals surface area contributed by atoms with Gasteiger partial charge in [0.1, 0.15) is 12.4 Å². The van der Waals surface area contributed by atoms with Crippen LogP contribution in [0.25, 0.3) is 22.3 Å². The maximum atomic E-state index is 13.6. The standard InChI is InChI=1S/C33H38N4O6.ClH.H2O/c1-3-22-23-16-21(43-32(40)36-14-10-20(11-15-36)35-12-6-5-7-13-35)8-9-27(23)34-29-24(22)18-37-28(29)17-26-25(30(37)38)19-42-31(39)33(26,41)4-2;;/h8-9,16-17,20,41H,3-7,10-15,18-19H2,1-2H3;1H;1H2/t33-;;/m0../s1. The molecule has 2 aromatic heterocycles. The van der Waals surface area contributed by atoms with Crippen molar-refractivity contribution in [2.75, 3.05) is 26.2 Å². The molecule has 4 aliphatic heterocycles. The molecule has 3 N–H and O–H groups in total. The summed E-state index contributed by atoms with van der Waals surface area (Å²) in [7, 11) is 0. The van der Waals surface area contributed by atoms with Gasteiger partial charge in [0.25, 0.3) is 5.56 Å². The summed E-state index contributed by atoms with van der Waals surface area (Å²) >= 11 is 0. The zero-order valence-electron chi connectivity index (χ0n) is 25.8. The topological polar surface area (TPSA) is 146 Å². The minimum Gasteiger partial charge on any atom is -0.458 e. The zero-order valence-corrected chi connectivity index (χ0v) is 26.6. The Balaban J connectivity index is 0.00000200. The van der Waals surface area contributed by atoms with Crippen molar-refractivity contribution in [3.8, 4) is 17.1 Å². The number of rotatable bonds is 4. The van der Waals surface area contributed by atoms with E-state index < -0.39 is 11.6 Å². The third-order valence-electron chi connectivity index (χ3n) is 9.97. The van der Waals surface area contributed by atoms with Gasteiger partial charge in [0.2, 0.25) is 0 Å². The van der Waals surface area contributed by atoms with Crippen LogP contribution in [0.5, 0.6) is 5.75 Å². The zero-order chi connectivity index (χ0) is 29.9. The SMILES string of the molecule is CCc1c2c(nc3ccc(OC(=O)N4CCC(N5CCCCC5)CC4)cc13)-c1cc3c(c(=O)n1C2)COC(=O)[C@]3(O)CC.Cl.O. The van der Waals surface area contributed by atoms with Crippen LogP contribution in [-0.4, -0.2) is 74.2 Å². The number of halogens is 1. The number of fused-ring (bicyclic) bond motifs is 5. The van der Waals surface area contributed by atoms with Gasteiger partial charge in [-0.3, -0.25) is 4.79 Å². The molecule has 1 amide bonds. The summed E-state index contributed by atoms with van der Waals surface area (Å²) in [5.41, 5.74) is 2.38. The van der Waals surface area contributed by atoms with Crippen molar-refractivity contribution in [3.63, 3.8) is 0 Å². The highest BCUT2D eigenvalue weighted by molar-refractivity contribution is 5.90. The van der Waals surface area contributed by atoms with Crippen molar-refractivity contribution in [1.82, 2.24) is 19.4 Å². The number of nitrogens with zero attached hydrogens (tertiary/aromatic N) is 4. The lowest BCUT2D eigenvalue weighted by molar-refractivity contribution is -0.172. The first-order chi connectivity index (χ1) is 20.8.